The standard InChI is InChI=1S/C55H101N5O24/c1-5-20-75-21-9-7-6-8-16-59-44(67)28-45(68)60-55(32-76-25-13-41(64)56-17-10-22-79-52-35(2)46(69)49(72)38(29-61)82-52,33-77-26-14-42(65)57-18-11-23-80-53-36(3)47(70)50(73)39(30-62)83-53)34-78-27-15-43(66)58-19-12-24-81-54-37(4)48(71)51(74)40(31-63)84-54/h35-40,46-54,61-63,69-74H,5-34H2,1-4H3,(H,56,64)(H,57,65)(H,58,66)(H,59,67)(H,60,68)/t35?,36?,37?,38?,39?,40?,46-,47-,48-,49+,50+,51+,52-,53-,54-,55?/m1/s1. The number of rotatable bonds is 45. The van der Waals surface area contributed by atoms with Crippen molar-refractivity contribution in [2.75, 3.05) is 119 Å². The van der Waals surface area contributed by atoms with E-state index in [9.17, 15) is 69.9 Å². The first-order valence-electron chi connectivity index (χ1n) is 29.7. The highest BCUT2D eigenvalue weighted by molar-refractivity contribution is 5.97. The van der Waals surface area contributed by atoms with E-state index in [-0.39, 0.29) is 116 Å². The molecule has 3 saturated heterocycles. The lowest BCUT2D eigenvalue weighted by molar-refractivity contribution is -0.282. The van der Waals surface area contributed by atoms with Crippen LogP contribution in [0.3, 0.4) is 0 Å². The Labute approximate surface area is 492 Å². The number of nitrogens with one attached hydrogen (secondary N) is 5. The predicted molar refractivity (Wildman–Crippen MR) is 296 cm³/mol. The summed E-state index contributed by atoms with van der Waals surface area (Å²) < 4.78 is 57.4. The van der Waals surface area contributed by atoms with Crippen molar-refractivity contribution >= 4 is 29.5 Å². The first kappa shape index (κ1) is 74.8. The highest BCUT2D eigenvalue weighted by atomic mass is 16.7. The molecule has 14 N–H and O–H groups in total. The second-order valence-electron chi connectivity index (χ2n) is 21.7. The molecule has 0 aromatic carbocycles. The topological polar surface area (TPSA) is 420 Å². The lowest BCUT2D eigenvalue weighted by Crippen LogP contribution is -2.59. The van der Waals surface area contributed by atoms with E-state index in [0.717, 1.165) is 25.7 Å². The summed E-state index contributed by atoms with van der Waals surface area (Å²) >= 11 is 0. The van der Waals surface area contributed by atoms with E-state index in [2.05, 4.69) is 26.6 Å². The molecule has 29 heteroatoms. The van der Waals surface area contributed by atoms with Gasteiger partial charge in [0.15, 0.2) is 18.9 Å². The smallest absolute Gasteiger partial charge is 0.230 e. The van der Waals surface area contributed by atoms with Gasteiger partial charge in [0.25, 0.3) is 0 Å². The summed E-state index contributed by atoms with van der Waals surface area (Å²) in [4.78, 5) is 65.5. The number of hydrogen-bond donors (Lipinski definition) is 14. The van der Waals surface area contributed by atoms with E-state index >= 15 is 0 Å². The Morgan fingerprint density at radius 1 is 0.405 bits per heavy atom. The van der Waals surface area contributed by atoms with Crippen LogP contribution in [0.5, 0.6) is 0 Å². The molecule has 0 aromatic rings. The van der Waals surface area contributed by atoms with Gasteiger partial charge in [0.05, 0.1) is 97.6 Å². The molecule has 0 spiro atoms. The van der Waals surface area contributed by atoms with E-state index in [1.54, 1.807) is 20.8 Å². The van der Waals surface area contributed by atoms with Gasteiger partial charge in [0, 0.05) is 76.4 Å². The minimum Gasteiger partial charge on any atom is -0.394 e. The van der Waals surface area contributed by atoms with Crippen molar-refractivity contribution < 1.29 is 117 Å². The van der Waals surface area contributed by atoms with E-state index in [1.807, 2.05) is 6.92 Å². The Morgan fingerprint density at radius 2 is 0.750 bits per heavy atom. The quantitative estimate of drug-likeness (QED) is 0.0206. The average molecular weight is 1220 g/mol. The normalized spacial score (nSPS) is 28.7. The van der Waals surface area contributed by atoms with Gasteiger partial charge in [-0.2, -0.15) is 0 Å². The minimum absolute atomic E-state index is 0.121. The molecule has 6 unspecified atom stereocenters. The predicted octanol–water partition coefficient (Wildman–Crippen LogP) is -3.65. The molecule has 0 aromatic heterocycles. The van der Waals surface area contributed by atoms with Gasteiger partial charge in [0.2, 0.25) is 29.5 Å². The highest BCUT2D eigenvalue weighted by Gasteiger charge is 2.45. The molecule has 29 nitrogen and oxygen atoms in total. The van der Waals surface area contributed by atoms with Gasteiger partial charge in [-0.25, -0.2) is 0 Å². The third kappa shape index (κ3) is 27.7. The molecular weight excluding hydrogens is 1110 g/mol. The van der Waals surface area contributed by atoms with Crippen LogP contribution in [-0.2, 0) is 71.3 Å². The number of amides is 5. The van der Waals surface area contributed by atoms with Crippen molar-refractivity contribution in [3.05, 3.63) is 0 Å². The number of carbonyl (C=O) groups is 5. The van der Waals surface area contributed by atoms with Gasteiger partial charge in [-0.3, -0.25) is 24.0 Å². The first-order valence-corrected chi connectivity index (χ1v) is 29.7. The Morgan fingerprint density at radius 3 is 1.11 bits per heavy atom. The summed E-state index contributed by atoms with van der Waals surface area (Å²) in [5.74, 6) is -4.14. The molecule has 3 heterocycles. The molecule has 0 bridgehead atoms. The average Bonchev–Trinajstić information content (AvgIpc) is 3.44. The highest BCUT2D eigenvalue weighted by Crippen LogP contribution is 2.29. The SMILES string of the molecule is CCCOCCCCCCNC(=O)CC(=O)NC(COCCC(=O)NCCCO[C@@H]1OC(CO)[C@H](O)[C@H](O)C1C)(COCCC(=O)NCCCO[C@@H]1OC(CO)[C@H](O)[C@H](O)C1C)COCCC(=O)NCCCO[C@@H]1OC(CO)[C@H](O)[C@H](O)C1C. The third-order valence-electron chi connectivity index (χ3n) is 14.5. The number of carbonyl (C=O) groups excluding carboxylic acids is 5. The van der Waals surface area contributed by atoms with E-state index in [1.165, 1.54) is 0 Å². The van der Waals surface area contributed by atoms with Crippen molar-refractivity contribution in [3.8, 4) is 0 Å². The molecule has 490 valence electrons. The van der Waals surface area contributed by atoms with Crippen molar-refractivity contribution in [1.82, 2.24) is 26.6 Å². The maximum atomic E-state index is 13.7. The summed E-state index contributed by atoms with van der Waals surface area (Å²) in [6, 6.07) is 0. The molecule has 3 aliphatic heterocycles. The molecule has 0 saturated carbocycles. The Balaban J connectivity index is 1.61. The summed E-state index contributed by atoms with van der Waals surface area (Å²) in [6.45, 7) is 6.73. The van der Waals surface area contributed by atoms with Gasteiger partial charge in [-0.05, 0) is 38.5 Å². The second kappa shape index (κ2) is 42.5. The van der Waals surface area contributed by atoms with Gasteiger partial charge in [0.1, 0.15) is 48.6 Å². The van der Waals surface area contributed by atoms with Crippen LogP contribution in [-0.4, -0.2) is 274 Å². The molecule has 0 aliphatic carbocycles. The van der Waals surface area contributed by atoms with Gasteiger partial charge in [-0.1, -0.05) is 40.5 Å². The molecule has 3 fully saturated rings. The largest absolute Gasteiger partial charge is 0.394 e. The summed E-state index contributed by atoms with van der Waals surface area (Å²) in [7, 11) is 0. The van der Waals surface area contributed by atoms with Crippen LogP contribution in [0, 0.1) is 17.8 Å². The molecule has 84 heavy (non-hydrogen) atoms. The van der Waals surface area contributed by atoms with Crippen LogP contribution in [0.15, 0.2) is 0 Å². The third-order valence-corrected chi connectivity index (χ3v) is 14.5. The molecular formula is C55H101N5O24. The zero-order chi connectivity index (χ0) is 61.9. The van der Waals surface area contributed by atoms with Crippen LogP contribution in [0.4, 0.5) is 0 Å². The molecule has 5 amide bonds. The fraction of sp³-hybridized carbons (Fsp3) is 0.909. The molecule has 3 rings (SSSR count). The number of unbranched alkanes of at least 4 members (excludes halogenated alkanes) is 3. The van der Waals surface area contributed by atoms with Crippen molar-refractivity contribution in [2.24, 2.45) is 17.8 Å². The number of hydrogen-bond acceptors (Lipinski definition) is 24. The number of aliphatic hydroxyl groups is 9. The summed E-state index contributed by atoms with van der Waals surface area (Å²) in [5.41, 5.74) is -1.53. The zero-order valence-electron chi connectivity index (χ0n) is 49.5. The van der Waals surface area contributed by atoms with Gasteiger partial charge in [-0.15, -0.1) is 0 Å². The van der Waals surface area contributed by atoms with Crippen LogP contribution in [0.2, 0.25) is 0 Å². The zero-order valence-corrected chi connectivity index (χ0v) is 49.5. The number of aliphatic hydroxyl groups excluding tert-OH is 9. The van der Waals surface area contributed by atoms with E-state index in [0.29, 0.717) is 45.4 Å². The fourth-order valence-corrected chi connectivity index (χ4v) is 9.23. The van der Waals surface area contributed by atoms with Crippen molar-refractivity contribution in [2.45, 2.75) is 184 Å². The monoisotopic (exact) mass is 1220 g/mol. The Kier molecular flexibility index (Phi) is 37.8. The summed E-state index contributed by atoms with van der Waals surface area (Å²) in [5, 5.41) is 104. The maximum absolute atomic E-state index is 13.7. The summed E-state index contributed by atoms with van der Waals surface area (Å²) in [6.07, 6.45) is -8.61. The van der Waals surface area contributed by atoms with Crippen LogP contribution >= 0.6 is 0 Å². The van der Waals surface area contributed by atoms with E-state index < -0.39 is 135 Å². The number of ether oxygens (including phenoxy) is 10. The lowest BCUT2D eigenvalue weighted by Gasteiger charge is -2.40. The van der Waals surface area contributed by atoms with Crippen LogP contribution in [0.25, 0.3) is 0 Å². The van der Waals surface area contributed by atoms with Crippen molar-refractivity contribution in [1.29, 1.82) is 0 Å². The van der Waals surface area contributed by atoms with Crippen LogP contribution in [0.1, 0.15) is 105 Å². The van der Waals surface area contributed by atoms with Crippen molar-refractivity contribution in [3.63, 3.8) is 0 Å². The van der Waals surface area contributed by atoms with E-state index in [4.69, 9.17) is 47.4 Å². The second-order valence-corrected chi connectivity index (χ2v) is 21.7. The Hall–Kier alpha value is -3.41. The lowest BCUT2D eigenvalue weighted by atomic mass is 9.92. The minimum atomic E-state index is -1.53. The molecule has 0 radical (unpaired) electrons. The maximum Gasteiger partial charge on any atom is 0.230 e. The molecule has 3 aliphatic rings. The fourth-order valence-electron chi connectivity index (χ4n) is 9.23. The van der Waals surface area contributed by atoms with Crippen LogP contribution < -0.4 is 26.6 Å². The van der Waals surface area contributed by atoms with Gasteiger partial charge < -0.3 is 120 Å². The molecule has 15 atom stereocenters. The van der Waals surface area contributed by atoms with Gasteiger partial charge >= 0.3 is 0 Å². The first-order chi connectivity index (χ1) is 40.3. The Bertz CT molecular complexity index is 1670.